The van der Waals surface area contributed by atoms with Gasteiger partial charge in [-0.05, 0) is 18.6 Å². The normalized spacial score (nSPS) is 10.4. The molecule has 0 radical (unpaired) electrons. The highest BCUT2D eigenvalue weighted by molar-refractivity contribution is 5.78. The summed E-state index contributed by atoms with van der Waals surface area (Å²) >= 11 is 0. The van der Waals surface area contributed by atoms with E-state index < -0.39 is 0 Å². The van der Waals surface area contributed by atoms with Gasteiger partial charge >= 0.3 is 0 Å². The van der Waals surface area contributed by atoms with Gasteiger partial charge in [0, 0.05) is 11.6 Å². The second-order valence-electron chi connectivity index (χ2n) is 5.67. The van der Waals surface area contributed by atoms with Crippen LogP contribution in [0.5, 0.6) is 5.75 Å². The Morgan fingerprint density at radius 2 is 1.88 bits per heavy atom. The van der Waals surface area contributed by atoms with Gasteiger partial charge < -0.3 is 14.6 Å². The standard InChI is InChI=1S/C20H20N2O3/c1-15-13-17(22-25-15)14-20(23)21-11-12-24-19-10-6-5-9-18(19)16-7-3-2-4-8-16/h2-10,13H,11-12,14H2,1H3,(H,21,23). The van der Waals surface area contributed by atoms with Crippen molar-refractivity contribution in [3.05, 3.63) is 72.1 Å². The molecule has 5 heteroatoms. The van der Waals surface area contributed by atoms with Crippen molar-refractivity contribution >= 4 is 5.91 Å². The molecule has 0 bridgehead atoms. The molecule has 1 amide bonds. The quantitative estimate of drug-likeness (QED) is 0.672. The van der Waals surface area contributed by atoms with Gasteiger partial charge in [-0.2, -0.15) is 0 Å². The number of nitrogens with zero attached hydrogens (tertiary/aromatic N) is 1. The van der Waals surface area contributed by atoms with Crippen molar-refractivity contribution in [2.45, 2.75) is 13.3 Å². The number of hydrogen-bond acceptors (Lipinski definition) is 4. The average Bonchev–Trinajstić information content (AvgIpc) is 3.04. The van der Waals surface area contributed by atoms with Crippen LogP contribution in [-0.2, 0) is 11.2 Å². The van der Waals surface area contributed by atoms with Gasteiger partial charge in [0.1, 0.15) is 18.1 Å². The van der Waals surface area contributed by atoms with E-state index in [1.165, 1.54) is 0 Å². The number of para-hydroxylation sites is 1. The third-order valence-corrected chi connectivity index (χ3v) is 3.67. The molecule has 0 spiro atoms. The zero-order valence-electron chi connectivity index (χ0n) is 14.1. The Bertz CT molecular complexity index is 828. The maximum Gasteiger partial charge on any atom is 0.226 e. The van der Waals surface area contributed by atoms with Gasteiger partial charge in [0.25, 0.3) is 0 Å². The van der Waals surface area contributed by atoms with Crippen molar-refractivity contribution in [1.82, 2.24) is 10.5 Å². The van der Waals surface area contributed by atoms with Crippen LogP contribution in [0.15, 0.2) is 65.2 Å². The summed E-state index contributed by atoms with van der Waals surface area (Å²) < 4.78 is 10.8. The number of ether oxygens (including phenoxy) is 1. The van der Waals surface area contributed by atoms with E-state index in [0.717, 1.165) is 16.9 Å². The first-order valence-electron chi connectivity index (χ1n) is 8.18. The number of amides is 1. The van der Waals surface area contributed by atoms with Gasteiger partial charge in [-0.25, -0.2) is 0 Å². The first-order chi connectivity index (χ1) is 12.2. The van der Waals surface area contributed by atoms with Gasteiger partial charge in [0.05, 0.1) is 18.7 Å². The number of carbonyl (C=O) groups excluding carboxylic acids is 1. The predicted molar refractivity (Wildman–Crippen MR) is 95.3 cm³/mol. The van der Waals surface area contributed by atoms with Crippen LogP contribution in [0.3, 0.4) is 0 Å². The Balaban J connectivity index is 1.50. The molecule has 1 N–H and O–H groups in total. The summed E-state index contributed by atoms with van der Waals surface area (Å²) in [6.45, 7) is 2.62. The van der Waals surface area contributed by atoms with Crippen molar-refractivity contribution in [2.24, 2.45) is 0 Å². The summed E-state index contributed by atoms with van der Waals surface area (Å²) in [7, 11) is 0. The number of hydrogen-bond donors (Lipinski definition) is 1. The van der Waals surface area contributed by atoms with Crippen LogP contribution in [0.2, 0.25) is 0 Å². The molecule has 0 aliphatic carbocycles. The third-order valence-electron chi connectivity index (χ3n) is 3.67. The fraction of sp³-hybridized carbons (Fsp3) is 0.200. The molecule has 128 valence electrons. The summed E-state index contributed by atoms with van der Waals surface area (Å²) in [4.78, 5) is 11.9. The Labute approximate surface area is 146 Å². The SMILES string of the molecule is Cc1cc(CC(=O)NCCOc2ccccc2-c2ccccc2)no1. The molecular weight excluding hydrogens is 316 g/mol. The summed E-state index contributed by atoms with van der Waals surface area (Å²) in [6.07, 6.45) is 0.206. The van der Waals surface area contributed by atoms with Gasteiger partial charge in [0.15, 0.2) is 0 Å². The Morgan fingerprint density at radius 1 is 1.12 bits per heavy atom. The van der Waals surface area contributed by atoms with E-state index in [1.54, 1.807) is 13.0 Å². The third kappa shape index (κ3) is 4.70. The first-order valence-corrected chi connectivity index (χ1v) is 8.18. The molecular formula is C20H20N2O3. The number of rotatable bonds is 7. The zero-order valence-corrected chi connectivity index (χ0v) is 14.1. The number of aryl methyl sites for hydroxylation is 1. The lowest BCUT2D eigenvalue weighted by Gasteiger charge is -2.12. The molecule has 0 saturated heterocycles. The molecule has 3 rings (SSSR count). The zero-order chi connectivity index (χ0) is 17.5. The van der Waals surface area contributed by atoms with Crippen LogP contribution < -0.4 is 10.1 Å². The smallest absolute Gasteiger partial charge is 0.226 e. The summed E-state index contributed by atoms with van der Waals surface area (Å²) in [5.74, 6) is 1.40. The van der Waals surface area contributed by atoms with Crippen molar-refractivity contribution < 1.29 is 14.1 Å². The van der Waals surface area contributed by atoms with Crippen LogP contribution in [0.25, 0.3) is 11.1 Å². The summed E-state index contributed by atoms with van der Waals surface area (Å²) in [5.41, 5.74) is 2.77. The number of benzene rings is 2. The molecule has 0 fully saturated rings. The van der Waals surface area contributed by atoms with E-state index >= 15 is 0 Å². The van der Waals surface area contributed by atoms with Crippen LogP contribution in [-0.4, -0.2) is 24.2 Å². The summed E-state index contributed by atoms with van der Waals surface area (Å²) in [6, 6.07) is 19.7. The van der Waals surface area contributed by atoms with Crippen molar-refractivity contribution in [3.8, 4) is 16.9 Å². The average molecular weight is 336 g/mol. The van der Waals surface area contributed by atoms with Crippen LogP contribution >= 0.6 is 0 Å². The molecule has 0 saturated carbocycles. The Kier molecular flexibility index (Phi) is 5.46. The van der Waals surface area contributed by atoms with Crippen molar-refractivity contribution in [1.29, 1.82) is 0 Å². The molecule has 0 atom stereocenters. The highest BCUT2D eigenvalue weighted by Crippen LogP contribution is 2.29. The molecule has 1 heterocycles. The van der Waals surface area contributed by atoms with Gasteiger partial charge in [-0.15, -0.1) is 0 Å². The van der Waals surface area contributed by atoms with Crippen LogP contribution in [0.1, 0.15) is 11.5 Å². The van der Waals surface area contributed by atoms with E-state index in [-0.39, 0.29) is 12.3 Å². The number of carbonyl (C=O) groups is 1. The second-order valence-corrected chi connectivity index (χ2v) is 5.67. The minimum Gasteiger partial charge on any atom is -0.491 e. The predicted octanol–water partition coefficient (Wildman–Crippen LogP) is 3.39. The molecule has 1 aromatic heterocycles. The lowest BCUT2D eigenvalue weighted by molar-refractivity contribution is -0.120. The molecule has 3 aromatic rings. The highest BCUT2D eigenvalue weighted by Gasteiger charge is 2.08. The van der Waals surface area contributed by atoms with E-state index in [2.05, 4.69) is 10.5 Å². The van der Waals surface area contributed by atoms with Crippen molar-refractivity contribution in [3.63, 3.8) is 0 Å². The minimum atomic E-state index is -0.103. The van der Waals surface area contributed by atoms with E-state index in [1.807, 2.05) is 54.6 Å². The van der Waals surface area contributed by atoms with Gasteiger partial charge in [0.2, 0.25) is 5.91 Å². The maximum atomic E-state index is 11.9. The Hall–Kier alpha value is -3.08. The molecule has 25 heavy (non-hydrogen) atoms. The number of aromatic nitrogens is 1. The largest absolute Gasteiger partial charge is 0.491 e. The van der Waals surface area contributed by atoms with Gasteiger partial charge in [-0.3, -0.25) is 4.79 Å². The number of nitrogens with one attached hydrogen (secondary N) is 1. The lowest BCUT2D eigenvalue weighted by atomic mass is 10.1. The van der Waals surface area contributed by atoms with E-state index in [9.17, 15) is 4.79 Å². The fourth-order valence-corrected chi connectivity index (χ4v) is 2.53. The van der Waals surface area contributed by atoms with Crippen LogP contribution in [0, 0.1) is 6.92 Å². The molecule has 5 nitrogen and oxygen atoms in total. The fourth-order valence-electron chi connectivity index (χ4n) is 2.53. The monoisotopic (exact) mass is 336 g/mol. The van der Waals surface area contributed by atoms with E-state index in [0.29, 0.717) is 24.6 Å². The topological polar surface area (TPSA) is 64.4 Å². The Morgan fingerprint density at radius 3 is 2.64 bits per heavy atom. The highest BCUT2D eigenvalue weighted by atomic mass is 16.5. The molecule has 2 aromatic carbocycles. The molecule has 0 aliphatic heterocycles. The lowest BCUT2D eigenvalue weighted by Crippen LogP contribution is -2.29. The summed E-state index contributed by atoms with van der Waals surface area (Å²) in [5, 5.41) is 6.63. The minimum absolute atomic E-state index is 0.103. The first kappa shape index (κ1) is 16.8. The van der Waals surface area contributed by atoms with E-state index in [4.69, 9.17) is 9.26 Å². The van der Waals surface area contributed by atoms with Crippen LogP contribution in [0.4, 0.5) is 0 Å². The molecule has 0 unspecified atom stereocenters. The molecule has 0 aliphatic rings. The van der Waals surface area contributed by atoms with Crippen molar-refractivity contribution in [2.75, 3.05) is 13.2 Å². The van der Waals surface area contributed by atoms with Gasteiger partial charge in [-0.1, -0.05) is 53.7 Å². The maximum absolute atomic E-state index is 11.9. The second kappa shape index (κ2) is 8.15.